The highest BCUT2D eigenvalue weighted by molar-refractivity contribution is 8.01. The fourth-order valence-electron chi connectivity index (χ4n) is 4.15. The van der Waals surface area contributed by atoms with Crippen molar-refractivity contribution in [2.75, 3.05) is 5.75 Å². The average molecular weight is 584 g/mol. The van der Waals surface area contributed by atoms with Crippen molar-refractivity contribution in [1.29, 1.82) is 0 Å². The Kier molecular flexibility index (Phi) is 18.2. The number of carboxylic acids is 1. The molecule has 0 saturated carbocycles. The van der Waals surface area contributed by atoms with E-state index in [1.165, 1.54) is 12.1 Å². The second-order valence-electron chi connectivity index (χ2n) is 10.2. The van der Waals surface area contributed by atoms with Crippen LogP contribution in [0, 0.1) is 5.92 Å². The van der Waals surface area contributed by atoms with Gasteiger partial charge in [-0.15, -0.1) is 11.8 Å². The second kappa shape index (κ2) is 20.8. The zero-order valence-corrected chi connectivity index (χ0v) is 26.3. The molecule has 6 nitrogen and oxygen atoms in total. The Bertz CT molecular complexity index is 1050. The van der Waals surface area contributed by atoms with E-state index in [2.05, 4.69) is 60.8 Å². The number of thioether (sulfide) groups is 1. The smallest absolute Gasteiger partial charge is 0.339 e. The molecule has 2 N–H and O–H groups in total. The maximum absolute atomic E-state index is 13.5. The van der Waals surface area contributed by atoms with Crippen LogP contribution in [0.4, 0.5) is 0 Å². The summed E-state index contributed by atoms with van der Waals surface area (Å²) in [6, 6.07) is 5.13. The number of carbonyl (C=O) groups excluding carboxylic acids is 2. The molecule has 0 bridgehead atoms. The van der Waals surface area contributed by atoms with Crippen LogP contribution in [-0.2, 0) is 9.59 Å². The molecule has 7 heteroatoms. The van der Waals surface area contributed by atoms with E-state index in [0.29, 0.717) is 19.3 Å². The number of hydrogen-bond acceptors (Lipinski definition) is 5. The first-order valence-corrected chi connectivity index (χ1v) is 15.8. The van der Waals surface area contributed by atoms with Gasteiger partial charge in [0.25, 0.3) is 0 Å². The van der Waals surface area contributed by atoms with E-state index in [-0.39, 0.29) is 23.1 Å². The van der Waals surface area contributed by atoms with Crippen LogP contribution in [0.3, 0.4) is 0 Å². The number of rotatable bonds is 20. The predicted molar refractivity (Wildman–Crippen MR) is 172 cm³/mol. The SMILES string of the molecule is CCC=CCC=CCC=CCC=CCCSC(CC)(CC)C(=O)NC(CC(C)C)C(=O)Oc1ccccc1C(=O)O. The molecule has 1 amide bonds. The summed E-state index contributed by atoms with van der Waals surface area (Å²) in [4.78, 5) is 38.2. The maximum Gasteiger partial charge on any atom is 0.339 e. The predicted octanol–water partition coefficient (Wildman–Crippen LogP) is 8.31. The topological polar surface area (TPSA) is 92.7 Å². The number of allylic oxidation sites excluding steroid dienone is 8. The number of carboxylic acid groups (broad SMARTS) is 1. The molecule has 0 spiro atoms. The van der Waals surface area contributed by atoms with Crippen molar-refractivity contribution in [3.05, 3.63) is 78.4 Å². The van der Waals surface area contributed by atoms with Gasteiger partial charge in [-0.25, -0.2) is 9.59 Å². The van der Waals surface area contributed by atoms with Crippen LogP contribution in [0.25, 0.3) is 0 Å². The van der Waals surface area contributed by atoms with Crippen molar-refractivity contribution in [1.82, 2.24) is 5.32 Å². The summed E-state index contributed by atoms with van der Waals surface area (Å²) >= 11 is 1.62. The van der Waals surface area contributed by atoms with Crippen molar-refractivity contribution in [3.63, 3.8) is 0 Å². The summed E-state index contributed by atoms with van der Waals surface area (Å²) in [6.45, 7) is 10.0. The highest BCUT2D eigenvalue weighted by atomic mass is 32.2. The van der Waals surface area contributed by atoms with Crippen LogP contribution in [0.5, 0.6) is 5.75 Å². The molecule has 0 heterocycles. The van der Waals surface area contributed by atoms with Gasteiger partial charge < -0.3 is 15.2 Å². The van der Waals surface area contributed by atoms with Gasteiger partial charge in [0.2, 0.25) is 5.91 Å². The Morgan fingerprint density at radius 2 is 1.46 bits per heavy atom. The molecule has 0 radical (unpaired) electrons. The number of carbonyl (C=O) groups is 3. The fraction of sp³-hybridized carbons (Fsp3) is 0.500. The number of ether oxygens (including phenoxy) is 1. The number of esters is 1. The van der Waals surface area contributed by atoms with Crippen molar-refractivity contribution in [2.24, 2.45) is 5.92 Å². The molecule has 0 fully saturated rings. The Balaban J connectivity index is 2.70. The molecule has 41 heavy (non-hydrogen) atoms. The first kappa shape index (κ1) is 36.0. The first-order chi connectivity index (χ1) is 19.7. The van der Waals surface area contributed by atoms with Gasteiger partial charge in [0.1, 0.15) is 17.4 Å². The van der Waals surface area contributed by atoms with Crippen LogP contribution >= 0.6 is 11.8 Å². The number of nitrogens with one attached hydrogen (secondary N) is 1. The number of hydrogen-bond donors (Lipinski definition) is 2. The number of para-hydroxylation sites is 1. The summed E-state index contributed by atoms with van der Waals surface area (Å²) in [6.07, 6.45) is 23.7. The van der Waals surface area contributed by atoms with Crippen LogP contribution in [0.2, 0.25) is 0 Å². The lowest BCUT2D eigenvalue weighted by molar-refractivity contribution is -0.140. The van der Waals surface area contributed by atoms with Crippen LogP contribution in [0.1, 0.15) is 96.3 Å². The van der Waals surface area contributed by atoms with Gasteiger partial charge in [0.15, 0.2) is 0 Å². The van der Waals surface area contributed by atoms with E-state index in [9.17, 15) is 19.5 Å². The summed E-state index contributed by atoms with van der Waals surface area (Å²) in [5.41, 5.74) is -0.0988. The minimum atomic E-state index is -1.18. The highest BCUT2D eigenvalue weighted by Crippen LogP contribution is 2.34. The average Bonchev–Trinajstić information content (AvgIpc) is 2.95. The molecule has 1 rings (SSSR count). The molecule has 0 aliphatic rings. The lowest BCUT2D eigenvalue weighted by Gasteiger charge is -2.32. The van der Waals surface area contributed by atoms with Crippen LogP contribution in [0.15, 0.2) is 72.9 Å². The van der Waals surface area contributed by atoms with Gasteiger partial charge >= 0.3 is 11.9 Å². The Morgan fingerprint density at radius 1 is 0.902 bits per heavy atom. The molecule has 1 aromatic carbocycles. The second-order valence-corrected chi connectivity index (χ2v) is 11.7. The van der Waals surface area contributed by atoms with Gasteiger partial charge in [-0.3, -0.25) is 4.79 Å². The van der Waals surface area contributed by atoms with Gasteiger partial charge in [-0.1, -0.05) is 95.4 Å². The van der Waals surface area contributed by atoms with Crippen molar-refractivity contribution < 1.29 is 24.2 Å². The van der Waals surface area contributed by atoms with Crippen molar-refractivity contribution in [3.8, 4) is 5.75 Å². The quantitative estimate of drug-likeness (QED) is 0.0694. The third-order valence-corrected chi connectivity index (χ3v) is 8.32. The largest absolute Gasteiger partial charge is 0.478 e. The van der Waals surface area contributed by atoms with Gasteiger partial charge in [-0.05, 0) is 75.2 Å². The van der Waals surface area contributed by atoms with E-state index >= 15 is 0 Å². The zero-order chi connectivity index (χ0) is 30.5. The normalized spacial score (nSPS) is 13.1. The van der Waals surface area contributed by atoms with E-state index < -0.39 is 22.7 Å². The van der Waals surface area contributed by atoms with E-state index in [4.69, 9.17) is 4.74 Å². The van der Waals surface area contributed by atoms with Crippen molar-refractivity contribution in [2.45, 2.75) is 96.8 Å². The lowest BCUT2D eigenvalue weighted by atomic mass is 9.98. The van der Waals surface area contributed by atoms with Gasteiger partial charge in [-0.2, -0.15) is 0 Å². The molecule has 1 atom stereocenters. The Hall–Kier alpha value is -3.06. The van der Waals surface area contributed by atoms with Crippen LogP contribution < -0.4 is 10.1 Å². The third kappa shape index (κ3) is 13.9. The van der Waals surface area contributed by atoms with E-state index in [1.807, 2.05) is 27.7 Å². The van der Waals surface area contributed by atoms with Gasteiger partial charge in [0.05, 0.1) is 4.75 Å². The molecule has 0 saturated heterocycles. The lowest BCUT2D eigenvalue weighted by Crippen LogP contribution is -2.52. The number of aromatic carboxylic acids is 1. The summed E-state index contributed by atoms with van der Waals surface area (Å²) < 4.78 is 4.81. The molecule has 0 aliphatic heterocycles. The van der Waals surface area contributed by atoms with Crippen molar-refractivity contribution >= 4 is 29.6 Å². The standard InChI is InChI=1S/C34H49NO5S/c1-6-9-10-11-12-13-14-15-16-17-18-19-22-25-41-34(7-2,8-3)33(39)35-29(26-27(4)5)32(38)40-30-24-21-20-23-28(30)31(36)37/h9-10,12-13,15-16,18-21,23-24,27,29H,6-8,11,14,17,22,25-26H2,1-5H3,(H,35,39)(H,36,37). The van der Waals surface area contributed by atoms with Gasteiger partial charge in [0, 0.05) is 0 Å². The molecule has 226 valence electrons. The minimum absolute atomic E-state index is 0.0300. The monoisotopic (exact) mass is 583 g/mol. The fourth-order valence-corrected chi connectivity index (χ4v) is 5.39. The molecule has 1 aromatic rings. The highest BCUT2D eigenvalue weighted by Gasteiger charge is 2.38. The van der Waals surface area contributed by atoms with E-state index in [0.717, 1.165) is 37.9 Å². The maximum atomic E-state index is 13.5. The zero-order valence-electron chi connectivity index (χ0n) is 25.4. The third-order valence-electron chi connectivity index (χ3n) is 6.56. The first-order valence-electron chi connectivity index (χ1n) is 14.8. The summed E-state index contributed by atoms with van der Waals surface area (Å²) in [5.74, 6) is -1.16. The Labute approximate surface area is 251 Å². The number of benzene rings is 1. The molecule has 1 unspecified atom stereocenters. The summed E-state index contributed by atoms with van der Waals surface area (Å²) in [7, 11) is 0. The number of amides is 1. The van der Waals surface area contributed by atoms with Crippen LogP contribution in [-0.4, -0.2) is 39.5 Å². The molecule has 0 aromatic heterocycles. The minimum Gasteiger partial charge on any atom is -0.478 e. The molecular formula is C34H49NO5S. The van der Waals surface area contributed by atoms with E-state index in [1.54, 1.807) is 23.9 Å². The molecular weight excluding hydrogens is 534 g/mol. The molecule has 0 aliphatic carbocycles. The summed E-state index contributed by atoms with van der Waals surface area (Å²) in [5, 5.41) is 12.4. The Morgan fingerprint density at radius 3 is 2.00 bits per heavy atom.